The monoisotopic (exact) mass is 472 g/mol. The molecule has 0 spiro atoms. The van der Waals surface area contributed by atoms with Crippen molar-refractivity contribution in [2.24, 2.45) is 5.92 Å². The minimum Gasteiger partial charge on any atom is -0.497 e. The van der Waals surface area contributed by atoms with Gasteiger partial charge in [-0.15, -0.1) is 11.3 Å². The Balaban J connectivity index is 1.43. The number of piperidine rings is 1. The lowest BCUT2D eigenvalue weighted by Gasteiger charge is -2.31. The third kappa shape index (κ3) is 4.84. The number of carboxylic acid groups (broad SMARTS) is 1. The predicted molar refractivity (Wildman–Crippen MR) is 124 cm³/mol. The summed E-state index contributed by atoms with van der Waals surface area (Å²) >= 11 is 7.72. The van der Waals surface area contributed by atoms with Gasteiger partial charge >= 0.3 is 5.97 Å². The van der Waals surface area contributed by atoms with Gasteiger partial charge in [0, 0.05) is 30.2 Å². The summed E-state index contributed by atoms with van der Waals surface area (Å²) in [6.45, 7) is 1.11. The van der Waals surface area contributed by atoms with Gasteiger partial charge in [-0.3, -0.25) is 14.9 Å². The molecule has 0 aliphatic carbocycles. The Kier molecular flexibility index (Phi) is 6.57. The molecule has 1 amide bonds. The number of anilines is 2. The van der Waals surface area contributed by atoms with Crippen molar-refractivity contribution < 1.29 is 19.4 Å². The second-order valence-electron chi connectivity index (χ2n) is 7.35. The van der Waals surface area contributed by atoms with Gasteiger partial charge in [-0.2, -0.15) is 0 Å². The summed E-state index contributed by atoms with van der Waals surface area (Å²) < 4.78 is 5.24. The number of nitrogens with one attached hydrogen (secondary N) is 1. The molecule has 4 rings (SSSR count). The molecule has 166 valence electrons. The molecular weight excluding hydrogens is 452 g/mol. The van der Waals surface area contributed by atoms with Crippen LogP contribution in [-0.4, -0.2) is 47.2 Å². The van der Waals surface area contributed by atoms with Crippen LogP contribution in [0.5, 0.6) is 5.75 Å². The lowest BCUT2D eigenvalue weighted by molar-refractivity contribution is -0.142. The lowest BCUT2D eigenvalue weighted by Crippen LogP contribution is -2.37. The Labute approximate surface area is 193 Å². The van der Waals surface area contributed by atoms with Crippen LogP contribution in [0.2, 0.25) is 5.02 Å². The van der Waals surface area contributed by atoms with Gasteiger partial charge in [0.1, 0.15) is 11.6 Å². The van der Waals surface area contributed by atoms with Gasteiger partial charge in [-0.05, 0) is 31.0 Å². The van der Waals surface area contributed by atoms with Crippen LogP contribution < -0.4 is 15.0 Å². The van der Waals surface area contributed by atoms with Crippen LogP contribution in [0.1, 0.15) is 23.2 Å². The number of amides is 1. The topological polar surface area (TPSA) is 105 Å². The van der Waals surface area contributed by atoms with Gasteiger partial charge in [-0.1, -0.05) is 23.7 Å². The fraction of sp³-hybridized carbons (Fsp3) is 0.273. The van der Waals surface area contributed by atoms with Crippen LogP contribution >= 0.6 is 22.9 Å². The maximum Gasteiger partial charge on any atom is 0.306 e. The number of methoxy groups -OCH3 is 1. The molecule has 2 aromatic heterocycles. The molecule has 32 heavy (non-hydrogen) atoms. The highest BCUT2D eigenvalue weighted by Gasteiger charge is 2.26. The van der Waals surface area contributed by atoms with E-state index in [9.17, 15) is 9.59 Å². The number of rotatable bonds is 6. The second kappa shape index (κ2) is 9.54. The SMILES string of the molecule is COc1cccc(-c2csc(NC(=O)c3cnc(N4CCC(C(=O)O)CC4)c(Cl)c3)n2)c1. The number of pyridine rings is 1. The van der Waals surface area contributed by atoms with Crippen LogP contribution in [0, 0.1) is 5.92 Å². The number of aromatic nitrogens is 2. The van der Waals surface area contributed by atoms with E-state index >= 15 is 0 Å². The molecule has 0 radical (unpaired) electrons. The van der Waals surface area contributed by atoms with Gasteiger partial charge in [0.2, 0.25) is 0 Å². The Morgan fingerprint density at radius 3 is 2.75 bits per heavy atom. The van der Waals surface area contributed by atoms with Gasteiger partial charge in [0.25, 0.3) is 5.91 Å². The summed E-state index contributed by atoms with van der Waals surface area (Å²) in [4.78, 5) is 34.6. The second-order valence-corrected chi connectivity index (χ2v) is 8.62. The third-order valence-corrected chi connectivity index (χ3v) is 6.35. The molecule has 0 saturated carbocycles. The maximum atomic E-state index is 12.7. The van der Waals surface area contributed by atoms with Gasteiger partial charge < -0.3 is 14.7 Å². The Morgan fingerprint density at radius 2 is 2.06 bits per heavy atom. The molecule has 1 fully saturated rings. The van der Waals surface area contributed by atoms with Crippen LogP contribution in [0.3, 0.4) is 0 Å². The van der Waals surface area contributed by atoms with Gasteiger partial charge in [0.05, 0.1) is 29.3 Å². The van der Waals surface area contributed by atoms with Crippen molar-refractivity contribution in [3.05, 3.63) is 52.5 Å². The molecule has 2 N–H and O–H groups in total. The predicted octanol–water partition coefficient (Wildman–Crippen LogP) is 4.42. The number of ether oxygens (including phenoxy) is 1. The molecular formula is C22H21ClN4O4S. The first-order valence-corrected chi connectivity index (χ1v) is 11.2. The fourth-order valence-electron chi connectivity index (χ4n) is 3.54. The van der Waals surface area contributed by atoms with Crippen LogP contribution in [0.25, 0.3) is 11.3 Å². The van der Waals surface area contributed by atoms with E-state index in [1.54, 1.807) is 13.2 Å². The van der Waals surface area contributed by atoms with E-state index in [0.717, 1.165) is 17.0 Å². The number of carboxylic acids is 1. The zero-order chi connectivity index (χ0) is 22.7. The van der Waals surface area contributed by atoms with E-state index in [1.807, 2.05) is 34.5 Å². The van der Waals surface area contributed by atoms with E-state index in [1.165, 1.54) is 17.5 Å². The zero-order valence-corrected chi connectivity index (χ0v) is 18.8. The van der Waals surface area contributed by atoms with Crippen molar-refractivity contribution in [1.29, 1.82) is 0 Å². The first-order valence-electron chi connectivity index (χ1n) is 9.99. The highest BCUT2D eigenvalue weighted by atomic mass is 35.5. The van der Waals surface area contributed by atoms with E-state index < -0.39 is 5.97 Å². The molecule has 10 heteroatoms. The van der Waals surface area contributed by atoms with Crippen molar-refractivity contribution in [3.63, 3.8) is 0 Å². The molecule has 3 aromatic rings. The number of carbonyl (C=O) groups excluding carboxylic acids is 1. The minimum absolute atomic E-state index is 0.317. The quantitative estimate of drug-likeness (QED) is 0.547. The smallest absolute Gasteiger partial charge is 0.306 e. The summed E-state index contributed by atoms with van der Waals surface area (Å²) in [6.07, 6.45) is 2.54. The van der Waals surface area contributed by atoms with Crippen LogP contribution in [0.15, 0.2) is 41.9 Å². The number of thiazole rings is 1. The zero-order valence-electron chi connectivity index (χ0n) is 17.2. The molecule has 8 nitrogen and oxygen atoms in total. The summed E-state index contributed by atoms with van der Waals surface area (Å²) in [7, 11) is 1.61. The van der Waals surface area contributed by atoms with E-state index in [-0.39, 0.29) is 11.8 Å². The van der Waals surface area contributed by atoms with Crippen LogP contribution in [0.4, 0.5) is 10.9 Å². The van der Waals surface area contributed by atoms with Crippen molar-refractivity contribution in [1.82, 2.24) is 9.97 Å². The van der Waals surface area contributed by atoms with Crippen molar-refractivity contribution >= 4 is 45.8 Å². The average molecular weight is 473 g/mol. The Bertz CT molecular complexity index is 1140. The number of hydrogen-bond donors (Lipinski definition) is 2. The normalized spacial score (nSPS) is 14.2. The molecule has 0 bridgehead atoms. The maximum absolute atomic E-state index is 12.7. The molecule has 1 aliphatic heterocycles. The lowest BCUT2D eigenvalue weighted by atomic mass is 9.97. The number of aliphatic carboxylic acids is 1. The summed E-state index contributed by atoms with van der Waals surface area (Å²) in [5.41, 5.74) is 1.94. The summed E-state index contributed by atoms with van der Waals surface area (Å²) in [6, 6.07) is 9.10. The van der Waals surface area contributed by atoms with Crippen LogP contribution in [-0.2, 0) is 4.79 Å². The minimum atomic E-state index is -0.771. The van der Waals surface area contributed by atoms with E-state index in [0.29, 0.717) is 47.5 Å². The Hall–Kier alpha value is -3.17. The van der Waals surface area contributed by atoms with E-state index in [2.05, 4.69) is 15.3 Å². The molecule has 0 atom stereocenters. The number of nitrogens with zero attached hydrogens (tertiary/aromatic N) is 3. The molecule has 0 unspecified atom stereocenters. The third-order valence-electron chi connectivity index (χ3n) is 5.32. The summed E-state index contributed by atoms with van der Waals surface area (Å²) in [5.74, 6) is -0.180. The largest absolute Gasteiger partial charge is 0.497 e. The average Bonchev–Trinajstić information content (AvgIpc) is 3.27. The summed E-state index contributed by atoms with van der Waals surface area (Å²) in [5, 5.41) is 14.6. The standard InChI is InChI=1S/C22H21ClN4O4S/c1-31-16-4-2-3-14(9-16)18-12-32-22(25-18)26-20(28)15-10-17(23)19(24-11-15)27-7-5-13(6-8-27)21(29)30/h2-4,9-13H,5-8H2,1H3,(H,29,30)(H,25,26,28). The highest BCUT2D eigenvalue weighted by Crippen LogP contribution is 2.30. The Morgan fingerprint density at radius 1 is 1.28 bits per heavy atom. The first kappa shape index (κ1) is 22.0. The van der Waals surface area contributed by atoms with Crippen molar-refractivity contribution in [2.75, 3.05) is 30.4 Å². The fourth-order valence-corrected chi connectivity index (χ4v) is 4.54. The van der Waals surface area contributed by atoms with E-state index in [4.69, 9.17) is 21.4 Å². The van der Waals surface area contributed by atoms with Gasteiger partial charge in [0.15, 0.2) is 5.13 Å². The number of hydrogen-bond acceptors (Lipinski definition) is 7. The number of carbonyl (C=O) groups is 2. The molecule has 3 heterocycles. The highest BCUT2D eigenvalue weighted by molar-refractivity contribution is 7.14. The molecule has 1 aromatic carbocycles. The van der Waals surface area contributed by atoms with Gasteiger partial charge in [-0.25, -0.2) is 9.97 Å². The first-order chi connectivity index (χ1) is 15.4. The van der Waals surface area contributed by atoms with Crippen molar-refractivity contribution in [2.45, 2.75) is 12.8 Å². The molecule has 1 saturated heterocycles. The van der Waals surface area contributed by atoms with Crippen molar-refractivity contribution in [3.8, 4) is 17.0 Å². The number of halogens is 1. The number of benzene rings is 1. The molecule has 1 aliphatic rings.